The number of oxime groups is 1. The predicted molar refractivity (Wildman–Crippen MR) is 72.9 cm³/mol. The quantitative estimate of drug-likeness (QED) is 0.326. The SMILES string of the molecule is CC(CNC(=O)C1Cc2ccccc2C1)/C(N)=N/O. The van der Waals surface area contributed by atoms with E-state index in [9.17, 15) is 4.79 Å². The lowest BCUT2D eigenvalue weighted by atomic mass is 10.0. The summed E-state index contributed by atoms with van der Waals surface area (Å²) in [7, 11) is 0. The molecule has 0 radical (unpaired) electrons. The monoisotopic (exact) mass is 261 g/mol. The Hall–Kier alpha value is -2.04. The van der Waals surface area contributed by atoms with E-state index in [-0.39, 0.29) is 23.6 Å². The summed E-state index contributed by atoms with van der Waals surface area (Å²) in [6.07, 6.45) is 1.58. The van der Waals surface area contributed by atoms with E-state index in [2.05, 4.69) is 22.6 Å². The molecule has 0 aliphatic heterocycles. The first-order valence-electron chi connectivity index (χ1n) is 6.43. The second-order valence-electron chi connectivity index (χ2n) is 5.04. The second kappa shape index (κ2) is 5.73. The van der Waals surface area contributed by atoms with Crippen molar-refractivity contribution in [2.45, 2.75) is 19.8 Å². The van der Waals surface area contributed by atoms with Gasteiger partial charge in [-0.2, -0.15) is 0 Å². The summed E-state index contributed by atoms with van der Waals surface area (Å²) in [5.74, 6) is -0.00147. The number of benzene rings is 1. The fourth-order valence-corrected chi connectivity index (χ4v) is 2.35. The third-order valence-corrected chi connectivity index (χ3v) is 3.62. The Morgan fingerprint density at radius 3 is 2.58 bits per heavy atom. The van der Waals surface area contributed by atoms with Crippen LogP contribution in [-0.4, -0.2) is 23.5 Å². The lowest BCUT2D eigenvalue weighted by molar-refractivity contribution is -0.124. The number of nitrogens with zero attached hydrogens (tertiary/aromatic N) is 1. The number of carbonyl (C=O) groups excluding carboxylic acids is 1. The Balaban J connectivity index is 1.87. The van der Waals surface area contributed by atoms with E-state index in [4.69, 9.17) is 10.9 Å². The molecule has 2 rings (SSSR count). The van der Waals surface area contributed by atoms with Gasteiger partial charge < -0.3 is 16.3 Å². The zero-order valence-electron chi connectivity index (χ0n) is 11.0. The van der Waals surface area contributed by atoms with E-state index in [1.807, 2.05) is 12.1 Å². The molecular formula is C14H19N3O2. The number of amidine groups is 1. The molecule has 102 valence electrons. The van der Waals surface area contributed by atoms with Gasteiger partial charge in [-0.1, -0.05) is 36.3 Å². The summed E-state index contributed by atoms with van der Waals surface area (Å²) < 4.78 is 0. The van der Waals surface area contributed by atoms with Gasteiger partial charge in [-0.05, 0) is 24.0 Å². The van der Waals surface area contributed by atoms with Crippen LogP contribution in [0.5, 0.6) is 0 Å². The zero-order valence-corrected chi connectivity index (χ0v) is 11.0. The van der Waals surface area contributed by atoms with E-state index >= 15 is 0 Å². The van der Waals surface area contributed by atoms with E-state index in [1.54, 1.807) is 6.92 Å². The number of hydrogen-bond acceptors (Lipinski definition) is 3. The van der Waals surface area contributed by atoms with Gasteiger partial charge in [0.25, 0.3) is 0 Å². The van der Waals surface area contributed by atoms with Gasteiger partial charge in [0, 0.05) is 18.4 Å². The average molecular weight is 261 g/mol. The second-order valence-corrected chi connectivity index (χ2v) is 5.04. The van der Waals surface area contributed by atoms with E-state index in [0.29, 0.717) is 6.54 Å². The van der Waals surface area contributed by atoms with Crippen LogP contribution < -0.4 is 11.1 Å². The molecule has 1 aliphatic carbocycles. The Morgan fingerprint density at radius 2 is 2.05 bits per heavy atom. The maximum Gasteiger partial charge on any atom is 0.223 e. The van der Waals surface area contributed by atoms with Crippen LogP contribution in [-0.2, 0) is 17.6 Å². The minimum atomic E-state index is -0.169. The third-order valence-electron chi connectivity index (χ3n) is 3.62. The van der Waals surface area contributed by atoms with Crippen LogP contribution in [0.1, 0.15) is 18.1 Å². The molecular weight excluding hydrogens is 242 g/mol. The number of rotatable bonds is 4. The first-order valence-corrected chi connectivity index (χ1v) is 6.43. The van der Waals surface area contributed by atoms with E-state index in [0.717, 1.165) is 12.8 Å². The molecule has 0 aromatic heterocycles. The summed E-state index contributed by atoms with van der Waals surface area (Å²) in [4.78, 5) is 12.1. The fraction of sp³-hybridized carbons (Fsp3) is 0.429. The molecule has 0 spiro atoms. The number of carbonyl (C=O) groups is 1. The van der Waals surface area contributed by atoms with Crippen LogP contribution in [0.25, 0.3) is 0 Å². The molecule has 1 amide bonds. The molecule has 1 aromatic rings. The summed E-state index contributed by atoms with van der Waals surface area (Å²) in [6, 6.07) is 8.14. The highest BCUT2D eigenvalue weighted by Gasteiger charge is 2.27. The smallest absolute Gasteiger partial charge is 0.223 e. The Morgan fingerprint density at radius 1 is 1.47 bits per heavy atom. The molecule has 0 fully saturated rings. The van der Waals surface area contributed by atoms with Crippen LogP contribution in [0.3, 0.4) is 0 Å². The molecule has 1 atom stereocenters. The van der Waals surface area contributed by atoms with Crippen LogP contribution in [0, 0.1) is 11.8 Å². The first kappa shape index (κ1) is 13.4. The molecule has 0 bridgehead atoms. The van der Waals surface area contributed by atoms with E-state index in [1.165, 1.54) is 11.1 Å². The van der Waals surface area contributed by atoms with Gasteiger partial charge in [-0.3, -0.25) is 4.79 Å². The molecule has 0 heterocycles. The summed E-state index contributed by atoms with van der Waals surface area (Å²) in [5, 5.41) is 14.4. The van der Waals surface area contributed by atoms with Gasteiger partial charge in [0.15, 0.2) is 0 Å². The molecule has 4 N–H and O–H groups in total. The molecule has 5 heteroatoms. The standard InChI is InChI=1S/C14H19N3O2/c1-9(13(15)17-19)8-16-14(18)12-6-10-4-2-3-5-11(10)7-12/h2-5,9,12,19H,6-8H2,1H3,(H2,15,17)(H,16,18). The van der Waals surface area contributed by atoms with Crippen molar-refractivity contribution in [2.75, 3.05) is 6.54 Å². The van der Waals surface area contributed by atoms with E-state index < -0.39 is 0 Å². The number of amides is 1. The third kappa shape index (κ3) is 3.05. The van der Waals surface area contributed by atoms with Crippen LogP contribution >= 0.6 is 0 Å². The lowest BCUT2D eigenvalue weighted by Crippen LogP contribution is -2.38. The van der Waals surface area contributed by atoms with Crippen LogP contribution in [0.15, 0.2) is 29.4 Å². The molecule has 1 aliphatic rings. The molecule has 1 unspecified atom stereocenters. The Bertz CT molecular complexity index is 474. The minimum Gasteiger partial charge on any atom is -0.409 e. The first-order chi connectivity index (χ1) is 9.11. The van der Waals surface area contributed by atoms with Gasteiger partial charge in [-0.15, -0.1) is 0 Å². The van der Waals surface area contributed by atoms with Crippen molar-refractivity contribution in [1.82, 2.24) is 5.32 Å². The van der Waals surface area contributed by atoms with Crippen LogP contribution in [0.2, 0.25) is 0 Å². The summed E-state index contributed by atoms with van der Waals surface area (Å²) in [6.45, 7) is 2.19. The van der Waals surface area contributed by atoms with Gasteiger partial charge in [-0.25, -0.2) is 0 Å². The maximum atomic E-state index is 12.1. The van der Waals surface area contributed by atoms with Crippen molar-refractivity contribution in [3.05, 3.63) is 35.4 Å². The largest absolute Gasteiger partial charge is 0.409 e. The zero-order chi connectivity index (χ0) is 13.8. The van der Waals surface area contributed by atoms with Crippen LogP contribution in [0.4, 0.5) is 0 Å². The van der Waals surface area contributed by atoms with Crippen molar-refractivity contribution in [3.8, 4) is 0 Å². The lowest BCUT2D eigenvalue weighted by Gasteiger charge is -2.14. The minimum absolute atomic E-state index is 0.00288. The molecule has 5 nitrogen and oxygen atoms in total. The van der Waals surface area contributed by atoms with Crippen molar-refractivity contribution in [1.29, 1.82) is 0 Å². The van der Waals surface area contributed by atoms with Crippen molar-refractivity contribution >= 4 is 11.7 Å². The highest BCUT2D eigenvalue weighted by Crippen LogP contribution is 2.26. The molecule has 1 aromatic carbocycles. The van der Waals surface area contributed by atoms with Gasteiger partial charge in [0.2, 0.25) is 5.91 Å². The Kier molecular flexibility index (Phi) is 4.04. The summed E-state index contributed by atoms with van der Waals surface area (Å²) >= 11 is 0. The fourth-order valence-electron chi connectivity index (χ4n) is 2.35. The number of hydrogen-bond donors (Lipinski definition) is 3. The van der Waals surface area contributed by atoms with Gasteiger partial charge in [0.05, 0.1) is 0 Å². The van der Waals surface area contributed by atoms with Gasteiger partial charge in [0.1, 0.15) is 5.84 Å². The normalized spacial score (nSPS) is 17.0. The van der Waals surface area contributed by atoms with Gasteiger partial charge >= 0.3 is 0 Å². The maximum absolute atomic E-state index is 12.1. The molecule has 0 saturated carbocycles. The molecule has 19 heavy (non-hydrogen) atoms. The summed E-state index contributed by atoms with van der Waals surface area (Å²) in [5.41, 5.74) is 7.99. The molecule has 0 saturated heterocycles. The van der Waals surface area contributed by atoms with Crippen molar-refractivity contribution in [2.24, 2.45) is 22.7 Å². The number of nitrogens with two attached hydrogens (primary N) is 1. The average Bonchev–Trinajstić information content (AvgIpc) is 2.87. The Labute approximate surface area is 112 Å². The van der Waals surface area contributed by atoms with Crippen molar-refractivity contribution < 1.29 is 10.0 Å². The predicted octanol–water partition coefficient (Wildman–Crippen LogP) is 0.900. The number of fused-ring (bicyclic) bond motifs is 1. The number of nitrogens with one attached hydrogen (secondary N) is 1. The van der Waals surface area contributed by atoms with Crippen molar-refractivity contribution in [3.63, 3.8) is 0 Å². The highest BCUT2D eigenvalue weighted by atomic mass is 16.4. The topological polar surface area (TPSA) is 87.7 Å². The highest BCUT2D eigenvalue weighted by molar-refractivity contribution is 5.84.